The fourth-order valence-corrected chi connectivity index (χ4v) is 3.17. The first kappa shape index (κ1) is 17.1. The molecule has 0 fully saturated rings. The molecular formula is C17H18N4O3S. The zero-order valence-corrected chi connectivity index (χ0v) is 14.7. The zero-order chi connectivity index (χ0) is 17.8. The molecule has 0 bridgehead atoms. The van der Waals surface area contributed by atoms with Gasteiger partial charge < -0.3 is 10.1 Å². The second-order valence-electron chi connectivity index (χ2n) is 5.49. The molecule has 2 aromatic heterocycles. The maximum atomic E-state index is 12.1. The molecule has 0 spiro atoms. The van der Waals surface area contributed by atoms with Crippen LogP contribution in [0.4, 0.5) is 0 Å². The van der Waals surface area contributed by atoms with Crippen molar-refractivity contribution >= 4 is 34.2 Å². The highest BCUT2D eigenvalue weighted by Gasteiger charge is 2.15. The normalized spacial score (nSPS) is 12.1. The van der Waals surface area contributed by atoms with E-state index in [1.54, 1.807) is 34.2 Å². The minimum Gasteiger partial charge on any atom is -0.452 e. The highest BCUT2D eigenvalue weighted by Crippen LogP contribution is 2.18. The molecule has 0 radical (unpaired) electrons. The van der Waals surface area contributed by atoms with Crippen LogP contribution in [0.15, 0.2) is 35.7 Å². The van der Waals surface area contributed by atoms with Crippen molar-refractivity contribution < 1.29 is 14.3 Å². The van der Waals surface area contributed by atoms with Crippen LogP contribution in [0.25, 0.3) is 11.0 Å². The fraction of sp³-hybridized carbons (Fsp3) is 0.294. The Morgan fingerprint density at radius 2 is 2.20 bits per heavy atom. The summed E-state index contributed by atoms with van der Waals surface area (Å²) in [6.07, 6.45) is 0. The van der Waals surface area contributed by atoms with E-state index in [2.05, 4.69) is 15.6 Å². The Balaban J connectivity index is 1.57. The third-order valence-corrected chi connectivity index (χ3v) is 4.79. The number of hydrogen-bond acceptors (Lipinski definition) is 6. The molecule has 0 saturated heterocycles. The smallest absolute Gasteiger partial charge is 0.338 e. The van der Waals surface area contributed by atoms with Crippen LogP contribution in [0.5, 0.6) is 0 Å². The van der Waals surface area contributed by atoms with E-state index in [9.17, 15) is 9.59 Å². The van der Waals surface area contributed by atoms with Crippen LogP contribution >= 0.6 is 11.3 Å². The standard InChI is InChI=1S/C17H18N4O3S/c1-3-21-14-7-6-12(9-13(14)19-20-21)17(23)24-10-16(22)18-11(2)15-5-4-8-25-15/h4-9,11H,3,10H2,1-2H3,(H,18,22)/t11-/m0/s1. The van der Waals surface area contributed by atoms with Crippen LogP contribution in [0, 0.1) is 0 Å². The summed E-state index contributed by atoms with van der Waals surface area (Å²) in [6, 6.07) is 8.78. The molecule has 2 heterocycles. The summed E-state index contributed by atoms with van der Waals surface area (Å²) in [5.74, 6) is -0.904. The highest BCUT2D eigenvalue weighted by atomic mass is 32.1. The number of nitrogens with one attached hydrogen (secondary N) is 1. The van der Waals surface area contributed by atoms with E-state index in [1.807, 2.05) is 31.4 Å². The van der Waals surface area contributed by atoms with Gasteiger partial charge >= 0.3 is 5.97 Å². The number of carbonyl (C=O) groups is 2. The predicted octanol–water partition coefficient (Wildman–Crippen LogP) is 2.55. The van der Waals surface area contributed by atoms with Gasteiger partial charge in [-0.3, -0.25) is 4.79 Å². The number of hydrogen-bond donors (Lipinski definition) is 1. The molecule has 0 aliphatic rings. The van der Waals surface area contributed by atoms with Gasteiger partial charge in [0, 0.05) is 11.4 Å². The van der Waals surface area contributed by atoms with Crippen molar-refractivity contribution in [1.82, 2.24) is 20.3 Å². The van der Waals surface area contributed by atoms with Gasteiger partial charge in [-0.2, -0.15) is 0 Å². The topological polar surface area (TPSA) is 86.1 Å². The number of rotatable bonds is 6. The maximum absolute atomic E-state index is 12.1. The Bertz CT molecular complexity index is 889. The second kappa shape index (κ2) is 7.43. The number of carbonyl (C=O) groups excluding carboxylic acids is 2. The molecule has 1 N–H and O–H groups in total. The molecule has 7 nitrogen and oxygen atoms in total. The summed E-state index contributed by atoms with van der Waals surface area (Å²) in [6.45, 7) is 4.22. The van der Waals surface area contributed by atoms with Gasteiger partial charge in [0.1, 0.15) is 5.52 Å². The SMILES string of the molecule is CCn1nnc2cc(C(=O)OCC(=O)N[C@@H](C)c3cccs3)ccc21. The average molecular weight is 358 g/mol. The van der Waals surface area contributed by atoms with E-state index in [0.29, 0.717) is 17.6 Å². The number of aryl methyl sites for hydroxylation is 1. The number of nitrogens with zero attached hydrogens (tertiary/aromatic N) is 3. The minimum atomic E-state index is -0.563. The fourth-order valence-electron chi connectivity index (χ4n) is 2.44. The second-order valence-corrected chi connectivity index (χ2v) is 6.47. The number of esters is 1. The van der Waals surface area contributed by atoms with E-state index >= 15 is 0 Å². The lowest BCUT2D eigenvalue weighted by molar-refractivity contribution is -0.124. The molecule has 3 aromatic rings. The van der Waals surface area contributed by atoms with Crippen LogP contribution in [0.1, 0.15) is 35.1 Å². The van der Waals surface area contributed by atoms with Gasteiger partial charge in [0.25, 0.3) is 5.91 Å². The molecule has 1 amide bonds. The molecular weight excluding hydrogens is 340 g/mol. The van der Waals surface area contributed by atoms with Crippen molar-refractivity contribution in [3.8, 4) is 0 Å². The number of aromatic nitrogens is 3. The molecule has 0 aliphatic heterocycles. The Morgan fingerprint density at radius 3 is 2.92 bits per heavy atom. The van der Waals surface area contributed by atoms with E-state index in [4.69, 9.17) is 4.74 Å². The van der Waals surface area contributed by atoms with Crippen molar-refractivity contribution in [1.29, 1.82) is 0 Å². The molecule has 0 saturated carbocycles. The summed E-state index contributed by atoms with van der Waals surface area (Å²) < 4.78 is 6.83. The third-order valence-electron chi connectivity index (χ3n) is 3.73. The van der Waals surface area contributed by atoms with Gasteiger partial charge in [0.05, 0.1) is 17.1 Å². The molecule has 130 valence electrons. The number of fused-ring (bicyclic) bond motifs is 1. The summed E-state index contributed by atoms with van der Waals surface area (Å²) in [4.78, 5) is 25.1. The number of ether oxygens (including phenoxy) is 1. The highest BCUT2D eigenvalue weighted by molar-refractivity contribution is 7.10. The lowest BCUT2D eigenvalue weighted by atomic mass is 10.2. The van der Waals surface area contributed by atoms with Gasteiger partial charge in [-0.1, -0.05) is 11.3 Å². The molecule has 8 heteroatoms. The monoisotopic (exact) mass is 358 g/mol. The maximum Gasteiger partial charge on any atom is 0.338 e. The summed E-state index contributed by atoms with van der Waals surface area (Å²) in [7, 11) is 0. The number of benzene rings is 1. The van der Waals surface area contributed by atoms with Crippen LogP contribution < -0.4 is 5.32 Å². The zero-order valence-electron chi connectivity index (χ0n) is 13.9. The Morgan fingerprint density at radius 1 is 1.36 bits per heavy atom. The van der Waals surface area contributed by atoms with Crippen LogP contribution in [0.3, 0.4) is 0 Å². The lowest BCUT2D eigenvalue weighted by Gasteiger charge is -2.12. The molecule has 0 unspecified atom stereocenters. The largest absolute Gasteiger partial charge is 0.452 e. The van der Waals surface area contributed by atoms with Crippen LogP contribution in [0.2, 0.25) is 0 Å². The summed E-state index contributed by atoms with van der Waals surface area (Å²) in [5, 5.41) is 12.8. The van der Waals surface area contributed by atoms with Gasteiger partial charge in [-0.15, -0.1) is 16.4 Å². The van der Waals surface area contributed by atoms with Crippen LogP contribution in [-0.4, -0.2) is 33.5 Å². The van der Waals surface area contributed by atoms with Crippen molar-refractivity contribution in [2.24, 2.45) is 0 Å². The predicted molar refractivity (Wildman–Crippen MR) is 94.4 cm³/mol. The van der Waals surface area contributed by atoms with E-state index in [1.165, 1.54) is 0 Å². The van der Waals surface area contributed by atoms with Gasteiger partial charge in [0.2, 0.25) is 0 Å². The lowest BCUT2D eigenvalue weighted by Crippen LogP contribution is -2.30. The number of thiophene rings is 1. The Labute approximate surface area is 148 Å². The first-order chi connectivity index (χ1) is 12.1. The van der Waals surface area contributed by atoms with E-state index in [0.717, 1.165) is 10.4 Å². The van der Waals surface area contributed by atoms with Gasteiger partial charge in [-0.25, -0.2) is 9.48 Å². The number of amides is 1. The quantitative estimate of drug-likeness (QED) is 0.685. The van der Waals surface area contributed by atoms with Gasteiger partial charge in [-0.05, 0) is 43.5 Å². The van der Waals surface area contributed by atoms with Crippen molar-refractivity contribution in [3.63, 3.8) is 0 Å². The summed E-state index contributed by atoms with van der Waals surface area (Å²) >= 11 is 1.56. The van der Waals surface area contributed by atoms with Crippen LogP contribution in [-0.2, 0) is 16.1 Å². The minimum absolute atomic E-state index is 0.119. The first-order valence-electron chi connectivity index (χ1n) is 7.91. The summed E-state index contributed by atoms with van der Waals surface area (Å²) in [5.41, 5.74) is 1.81. The van der Waals surface area contributed by atoms with Gasteiger partial charge in [0.15, 0.2) is 6.61 Å². The van der Waals surface area contributed by atoms with Crippen molar-refractivity contribution in [3.05, 3.63) is 46.2 Å². The Hall–Kier alpha value is -2.74. The first-order valence-corrected chi connectivity index (χ1v) is 8.79. The van der Waals surface area contributed by atoms with Crippen molar-refractivity contribution in [2.75, 3.05) is 6.61 Å². The average Bonchev–Trinajstić information content (AvgIpc) is 3.28. The Kier molecular flexibility index (Phi) is 5.08. The van der Waals surface area contributed by atoms with Crippen molar-refractivity contribution in [2.45, 2.75) is 26.4 Å². The molecule has 0 aliphatic carbocycles. The molecule has 1 aromatic carbocycles. The molecule has 3 rings (SSSR count). The third kappa shape index (κ3) is 3.85. The van der Waals surface area contributed by atoms with E-state index in [-0.39, 0.29) is 18.6 Å². The molecule has 25 heavy (non-hydrogen) atoms. The molecule has 1 atom stereocenters. The van der Waals surface area contributed by atoms with E-state index < -0.39 is 5.97 Å².